The van der Waals surface area contributed by atoms with Crippen LogP contribution < -0.4 is 5.73 Å². The second kappa shape index (κ2) is 6.42. The van der Waals surface area contributed by atoms with E-state index in [1.165, 1.54) is 24.9 Å². The summed E-state index contributed by atoms with van der Waals surface area (Å²) in [6, 6.07) is 11.9. The first-order chi connectivity index (χ1) is 11.4. The fourth-order valence-electron chi connectivity index (χ4n) is 4.22. The number of nitrogens with two attached hydrogens (primary N) is 1. The monoisotopic (exact) mass is 312 g/mol. The summed E-state index contributed by atoms with van der Waals surface area (Å²) in [4.78, 5) is 7.31. The molecule has 3 atom stereocenters. The SMILES string of the molecule is NCCCc1nc([C@H]2C[C@@H](c3ccccc3)N3CCC[C@H]23)no1. The Hall–Kier alpha value is -1.72. The molecular weight excluding hydrogens is 288 g/mol. The van der Waals surface area contributed by atoms with Gasteiger partial charge in [-0.2, -0.15) is 4.98 Å². The number of rotatable bonds is 5. The second-order valence-corrected chi connectivity index (χ2v) is 6.65. The molecule has 2 saturated heterocycles. The highest BCUT2D eigenvalue weighted by Crippen LogP contribution is 2.48. The van der Waals surface area contributed by atoms with Gasteiger partial charge in [0.15, 0.2) is 5.82 Å². The van der Waals surface area contributed by atoms with Crippen molar-refractivity contribution >= 4 is 0 Å². The third-order valence-corrected chi connectivity index (χ3v) is 5.28. The molecule has 122 valence electrons. The highest BCUT2D eigenvalue weighted by atomic mass is 16.5. The lowest BCUT2D eigenvalue weighted by Gasteiger charge is -2.24. The van der Waals surface area contributed by atoms with Gasteiger partial charge in [-0.1, -0.05) is 35.5 Å². The molecule has 5 nitrogen and oxygen atoms in total. The van der Waals surface area contributed by atoms with Crippen molar-refractivity contribution < 1.29 is 4.52 Å². The number of nitrogens with zero attached hydrogens (tertiary/aromatic N) is 3. The second-order valence-electron chi connectivity index (χ2n) is 6.65. The lowest BCUT2D eigenvalue weighted by molar-refractivity contribution is 0.243. The van der Waals surface area contributed by atoms with Crippen molar-refractivity contribution in [3.63, 3.8) is 0 Å². The van der Waals surface area contributed by atoms with E-state index in [4.69, 9.17) is 10.3 Å². The van der Waals surface area contributed by atoms with Crippen LogP contribution in [0.15, 0.2) is 34.9 Å². The largest absolute Gasteiger partial charge is 0.339 e. The molecule has 0 unspecified atom stereocenters. The molecule has 2 aromatic rings. The number of hydrogen-bond donors (Lipinski definition) is 1. The van der Waals surface area contributed by atoms with Crippen molar-refractivity contribution in [3.05, 3.63) is 47.6 Å². The summed E-state index contributed by atoms with van der Waals surface area (Å²) in [5.74, 6) is 2.02. The van der Waals surface area contributed by atoms with Crippen molar-refractivity contribution in [1.29, 1.82) is 0 Å². The van der Waals surface area contributed by atoms with E-state index in [1.807, 2.05) is 0 Å². The van der Waals surface area contributed by atoms with Crippen LogP contribution in [-0.2, 0) is 6.42 Å². The fourth-order valence-corrected chi connectivity index (χ4v) is 4.22. The number of benzene rings is 1. The van der Waals surface area contributed by atoms with Gasteiger partial charge >= 0.3 is 0 Å². The molecule has 1 aromatic carbocycles. The average molecular weight is 312 g/mol. The molecular formula is C18H24N4O. The van der Waals surface area contributed by atoms with E-state index >= 15 is 0 Å². The van der Waals surface area contributed by atoms with E-state index in [0.717, 1.165) is 31.0 Å². The van der Waals surface area contributed by atoms with E-state index in [2.05, 4.69) is 45.4 Å². The van der Waals surface area contributed by atoms with Crippen molar-refractivity contribution in [2.45, 2.75) is 50.1 Å². The van der Waals surface area contributed by atoms with Gasteiger partial charge < -0.3 is 10.3 Å². The van der Waals surface area contributed by atoms with Gasteiger partial charge in [-0.15, -0.1) is 0 Å². The molecule has 0 aliphatic carbocycles. The molecule has 2 N–H and O–H groups in total. The Kier molecular flexibility index (Phi) is 4.14. The summed E-state index contributed by atoms with van der Waals surface area (Å²) in [5.41, 5.74) is 6.97. The van der Waals surface area contributed by atoms with Gasteiger partial charge in [0.05, 0.1) is 0 Å². The lowest BCUT2D eigenvalue weighted by atomic mass is 9.94. The van der Waals surface area contributed by atoms with Gasteiger partial charge in [-0.25, -0.2) is 0 Å². The molecule has 0 radical (unpaired) electrons. The Bertz CT molecular complexity index is 641. The molecule has 0 saturated carbocycles. The summed E-state index contributed by atoms with van der Waals surface area (Å²) >= 11 is 0. The van der Waals surface area contributed by atoms with E-state index in [0.29, 0.717) is 24.5 Å². The Labute approximate surface area is 136 Å². The van der Waals surface area contributed by atoms with E-state index in [1.54, 1.807) is 0 Å². The van der Waals surface area contributed by atoms with Crippen LogP contribution >= 0.6 is 0 Å². The third kappa shape index (κ3) is 2.79. The molecule has 4 rings (SSSR count). The van der Waals surface area contributed by atoms with Crippen LogP contribution in [0.25, 0.3) is 0 Å². The topological polar surface area (TPSA) is 68.2 Å². The molecule has 2 aliphatic rings. The standard InChI is InChI=1S/C18H24N4O/c19-10-4-9-17-20-18(21-23-17)14-12-16(13-6-2-1-3-7-13)22-11-5-8-15(14)22/h1-3,6-7,14-16H,4-5,8-12,19H2/t14-,15+,16-/m0/s1. The number of fused-ring (bicyclic) bond motifs is 1. The summed E-state index contributed by atoms with van der Waals surface area (Å²) in [7, 11) is 0. The minimum atomic E-state index is 0.387. The molecule has 0 bridgehead atoms. The maximum atomic E-state index is 5.56. The number of hydrogen-bond acceptors (Lipinski definition) is 5. The van der Waals surface area contributed by atoms with E-state index < -0.39 is 0 Å². The summed E-state index contributed by atoms with van der Waals surface area (Å²) in [6.07, 6.45) is 5.27. The minimum absolute atomic E-state index is 0.387. The van der Waals surface area contributed by atoms with Gasteiger partial charge in [0.25, 0.3) is 0 Å². The molecule has 0 amide bonds. The van der Waals surface area contributed by atoms with Crippen LogP contribution in [0.2, 0.25) is 0 Å². The minimum Gasteiger partial charge on any atom is -0.339 e. The average Bonchev–Trinajstić information content (AvgIpc) is 3.29. The third-order valence-electron chi connectivity index (χ3n) is 5.28. The lowest BCUT2D eigenvalue weighted by Crippen LogP contribution is -2.27. The Morgan fingerprint density at radius 3 is 2.96 bits per heavy atom. The Morgan fingerprint density at radius 1 is 1.26 bits per heavy atom. The van der Waals surface area contributed by atoms with Crippen LogP contribution in [0.5, 0.6) is 0 Å². The predicted molar refractivity (Wildman–Crippen MR) is 87.9 cm³/mol. The quantitative estimate of drug-likeness (QED) is 0.919. The smallest absolute Gasteiger partial charge is 0.226 e. The molecule has 2 fully saturated rings. The first kappa shape index (κ1) is 14.8. The molecule has 0 spiro atoms. The first-order valence-electron chi connectivity index (χ1n) is 8.70. The Balaban J connectivity index is 1.56. The molecule has 1 aromatic heterocycles. The van der Waals surface area contributed by atoms with Crippen molar-refractivity contribution in [2.24, 2.45) is 5.73 Å². The maximum absolute atomic E-state index is 5.56. The van der Waals surface area contributed by atoms with Crippen LogP contribution in [-0.4, -0.2) is 34.2 Å². The summed E-state index contributed by atoms with van der Waals surface area (Å²) < 4.78 is 5.43. The van der Waals surface area contributed by atoms with Crippen LogP contribution in [0.4, 0.5) is 0 Å². The first-order valence-corrected chi connectivity index (χ1v) is 8.70. The zero-order valence-electron chi connectivity index (χ0n) is 13.4. The fraction of sp³-hybridized carbons (Fsp3) is 0.556. The van der Waals surface area contributed by atoms with E-state index in [9.17, 15) is 0 Å². The van der Waals surface area contributed by atoms with Crippen molar-refractivity contribution in [2.75, 3.05) is 13.1 Å². The van der Waals surface area contributed by atoms with Gasteiger partial charge in [0.1, 0.15) is 0 Å². The number of aromatic nitrogens is 2. The van der Waals surface area contributed by atoms with Crippen LogP contribution in [0.3, 0.4) is 0 Å². The molecule has 2 aliphatic heterocycles. The van der Waals surface area contributed by atoms with Gasteiger partial charge in [0.2, 0.25) is 5.89 Å². The zero-order valence-corrected chi connectivity index (χ0v) is 13.4. The van der Waals surface area contributed by atoms with Gasteiger partial charge in [-0.3, -0.25) is 4.90 Å². The highest BCUT2D eigenvalue weighted by Gasteiger charge is 2.46. The van der Waals surface area contributed by atoms with Crippen molar-refractivity contribution in [3.8, 4) is 0 Å². The van der Waals surface area contributed by atoms with E-state index in [-0.39, 0.29) is 0 Å². The molecule has 5 heteroatoms. The summed E-state index contributed by atoms with van der Waals surface area (Å²) in [6.45, 7) is 1.84. The maximum Gasteiger partial charge on any atom is 0.226 e. The predicted octanol–water partition coefficient (Wildman–Crippen LogP) is 2.65. The van der Waals surface area contributed by atoms with Crippen LogP contribution in [0.1, 0.15) is 54.9 Å². The number of aryl methyl sites for hydroxylation is 1. The van der Waals surface area contributed by atoms with Gasteiger partial charge in [-0.05, 0) is 44.3 Å². The summed E-state index contributed by atoms with van der Waals surface area (Å²) in [5, 5.41) is 4.29. The molecule has 3 heterocycles. The normalized spacial score (nSPS) is 27.4. The zero-order chi connectivity index (χ0) is 15.6. The molecule has 23 heavy (non-hydrogen) atoms. The van der Waals surface area contributed by atoms with Crippen molar-refractivity contribution in [1.82, 2.24) is 15.0 Å². The highest BCUT2D eigenvalue weighted by molar-refractivity contribution is 5.24. The van der Waals surface area contributed by atoms with Crippen LogP contribution in [0, 0.1) is 0 Å². The Morgan fingerprint density at radius 2 is 2.13 bits per heavy atom. The van der Waals surface area contributed by atoms with Gasteiger partial charge in [0, 0.05) is 24.4 Å².